The maximum Gasteiger partial charge on any atom is 0.334 e. The van der Waals surface area contributed by atoms with Crippen LogP contribution in [0.2, 0.25) is 0 Å². The third-order valence-corrected chi connectivity index (χ3v) is 2.81. The molecule has 0 radical (unpaired) electrons. The van der Waals surface area contributed by atoms with Crippen molar-refractivity contribution in [3.05, 3.63) is 0 Å². The number of aliphatic hydroxyl groups excluding tert-OH is 3. The van der Waals surface area contributed by atoms with Crippen LogP contribution in [-0.4, -0.2) is 57.8 Å². The van der Waals surface area contributed by atoms with Crippen LogP contribution in [0.3, 0.4) is 0 Å². The monoisotopic (exact) mass is 308 g/mol. The first-order valence-electron chi connectivity index (χ1n) is 7.16. The molecule has 0 aliphatic heterocycles. The van der Waals surface area contributed by atoms with E-state index < -0.39 is 24.1 Å². The van der Waals surface area contributed by atoms with E-state index in [1.165, 1.54) is 0 Å². The molecule has 0 aliphatic carbocycles. The molecule has 0 rings (SSSR count). The van der Waals surface area contributed by atoms with Gasteiger partial charge in [0.15, 0.2) is 12.2 Å². The summed E-state index contributed by atoms with van der Waals surface area (Å²) < 4.78 is 4.84. The second-order valence-electron chi connectivity index (χ2n) is 4.76. The van der Waals surface area contributed by atoms with E-state index in [9.17, 15) is 9.59 Å². The van der Waals surface area contributed by atoms with Gasteiger partial charge in [0.25, 0.3) is 0 Å². The van der Waals surface area contributed by atoms with Crippen molar-refractivity contribution in [1.29, 1.82) is 0 Å². The van der Waals surface area contributed by atoms with E-state index in [2.05, 4.69) is 0 Å². The Morgan fingerprint density at radius 3 is 1.90 bits per heavy atom. The fourth-order valence-electron chi connectivity index (χ4n) is 1.16. The van der Waals surface area contributed by atoms with E-state index in [0.717, 1.165) is 6.42 Å². The molecule has 4 N–H and O–H groups in total. The summed E-state index contributed by atoms with van der Waals surface area (Å²) in [6.45, 7) is 5.79. The Kier molecular flexibility index (Phi) is 14.5. The van der Waals surface area contributed by atoms with Gasteiger partial charge in [-0.05, 0) is 31.6 Å². The zero-order valence-electron chi connectivity index (χ0n) is 13.0. The SMILES string of the molecule is CCC(O)C(=O)O.CCC(O)C(=O)OCCC(C)CCO. The van der Waals surface area contributed by atoms with E-state index in [-0.39, 0.29) is 13.0 Å². The smallest absolute Gasteiger partial charge is 0.334 e. The standard InChI is InChI=1S/C10H20O4.C4H8O3/c1-3-9(12)10(13)14-7-5-8(2)4-6-11;1-2-3(5)4(6)7/h8-9,11-12H,3-7H2,1-2H3;3,5H,2H2,1H3,(H,6,7). The molecular weight excluding hydrogens is 280 g/mol. The summed E-state index contributed by atoms with van der Waals surface area (Å²) in [6.07, 6.45) is -0.0834. The molecule has 3 unspecified atom stereocenters. The molecule has 0 bridgehead atoms. The summed E-state index contributed by atoms with van der Waals surface area (Å²) in [5.74, 6) is -1.36. The van der Waals surface area contributed by atoms with Crippen LogP contribution in [0.1, 0.15) is 46.5 Å². The Morgan fingerprint density at radius 2 is 1.57 bits per heavy atom. The molecule has 3 atom stereocenters. The van der Waals surface area contributed by atoms with Crippen LogP contribution in [-0.2, 0) is 14.3 Å². The van der Waals surface area contributed by atoms with Crippen LogP contribution >= 0.6 is 0 Å². The van der Waals surface area contributed by atoms with E-state index >= 15 is 0 Å². The van der Waals surface area contributed by atoms with E-state index in [1.807, 2.05) is 6.92 Å². The zero-order valence-corrected chi connectivity index (χ0v) is 13.0. The highest BCUT2D eigenvalue weighted by Gasteiger charge is 2.13. The average Bonchev–Trinajstić information content (AvgIpc) is 2.46. The molecular formula is C14H28O7. The minimum atomic E-state index is -1.18. The van der Waals surface area contributed by atoms with Crippen molar-refractivity contribution < 1.29 is 34.8 Å². The van der Waals surface area contributed by atoms with Crippen molar-refractivity contribution >= 4 is 11.9 Å². The number of carboxylic acids is 1. The third kappa shape index (κ3) is 13.6. The molecule has 0 aromatic carbocycles. The number of hydrogen-bond donors (Lipinski definition) is 4. The molecule has 0 heterocycles. The van der Waals surface area contributed by atoms with Crippen LogP contribution in [0.4, 0.5) is 0 Å². The molecule has 7 nitrogen and oxygen atoms in total. The van der Waals surface area contributed by atoms with Crippen LogP contribution in [0.25, 0.3) is 0 Å². The van der Waals surface area contributed by atoms with Gasteiger partial charge in [-0.2, -0.15) is 0 Å². The van der Waals surface area contributed by atoms with E-state index in [0.29, 0.717) is 25.4 Å². The molecule has 0 aliphatic rings. The van der Waals surface area contributed by atoms with Gasteiger partial charge >= 0.3 is 11.9 Å². The lowest BCUT2D eigenvalue weighted by atomic mass is 10.1. The van der Waals surface area contributed by atoms with Crippen molar-refractivity contribution in [3.8, 4) is 0 Å². The number of carbonyl (C=O) groups excluding carboxylic acids is 1. The highest BCUT2D eigenvalue weighted by atomic mass is 16.5. The first-order chi connectivity index (χ1) is 9.79. The van der Waals surface area contributed by atoms with Gasteiger partial charge < -0.3 is 25.2 Å². The highest BCUT2D eigenvalue weighted by Crippen LogP contribution is 2.06. The molecule has 0 spiro atoms. The highest BCUT2D eigenvalue weighted by molar-refractivity contribution is 5.74. The molecule has 21 heavy (non-hydrogen) atoms. The first-order valence-corrected chi connectivity index (χ1v) is 7.16. The largest absolute Gasteiger partial charge is 0.479 e. The first kappa shape index (κ1) is 22.1. The van der Waals surface area contributed by atoms with Crippen LogP contribution in [0.15, 0.2) is 0 Å². The summed E-state index contributed by atoms with van der Waals surface area (Å²) in [5.41, 5.74) is 0. The average molecular weight is 308 g/mol. The van der Waals surface area contributed by atoms with Crippen molar-refractivity contribution in [1.82, 2.24) is 0 Å². The molecule has 0 fully saturated rings. The molecule has 0 saturated carbocycles. The molecule has 7 heteroatoms. The summed E-state index contributed by atoms with van der Waals surface area (Å²) in [7, 11) is 0. The Morgan fingerprint density at radius 1 is 1.05 bits per heavy atom. The number of rotatable bonds is 9. The van der Waals surface area contributed by atoms with Gasteiger partial charge in [-0.25, -0.2) is 9.59 Å². The Labute approximate surface area is 125 Å². The normalized spacial score (nSPS) is 14.4. The quantitative estimate of drug-likeness (QED) is 0.458. The second kappa shape index (κ2) is 13.8. The van der Waals surface area contributed by atoms with Gasteiger partial charge in [0.1, 0.15) is 0 Å². The summed E-state index contributed by atoms with van der Waals surface area (Å²) in [5, 5.41) is 34.0. The number of carbonyl (C=O) groups is 2. The zero-order chi connectivity index (χ0) is 16.8. The summed E-state index contributed by atoms with van der Waals surface area (Å²) in [4.78, 5) is 20.7. The lowest BCUT2D eigenvalue weighted by Crippen LogP contribution is -2.23. The molecule has 0 amide bonds. The number of carboxylic acid groups (broad SMARTS) is 1. The van der Waals surface area contributed by atoms with Crippen LogP contribution in [0, 0.1) is 5.92 Å². The summed E-state index contributed by atoms with van der Waals surface area (Å²) in [6, 6.07) is 0. The molecule has 0 saturated heterocycles. The predicted molar refractivity (Wildman–Crippen MR) is 76.7 cm³/mol. The fraction of sp³-hybridized carbons (Fsp3) is 0.857. The summed E-state index contributed by atoms with van der Waals surface area (Å²) >= 11 is 0. The Balaban J connectivity index is 0. The lowest BCUT2D eigenvalue weighted by Gasteiger charge is -2.11. The number of aliphatic carboxylic acids is 1. The Hall–Kier alpha value is -1.18. The van der Waals surface area contributed by atoms with Crippen LogP contribution < -0.4 is 0 Å². The lowest BCUT2D eigenvalue weighted by molar-refractivity contribution is -0.154. The minimum absolute atomic E-state index is 0.159. The van der Waals surface area contributed by atoms with Gasteiger partial charge in [0.2, 0.25) is 0 Å². The van der Waals surface area contributed by atoms with Crippen molar-refractivity contribution in [2.24, 2.45) is 5.92 Å². The fourth-order valence-corrected chi connectivity index (χ4v) is 1.16. The van der Waals surface area contributed by atoms with Crippen LogP contribution in [0.5, 0.6) is 0 Å². The number of esters is 1. The Bertz CT molecular complexity index is 280. The van der Waals surface area contributed by atoms with Crippen molar-refractivity contribution in [2.75, 3.05) is 13.2 Å². The topological polar surface area (TPSA) is 124 Å². The number of aliphatic hydroxyl groups is 3. The van der Waals surface area contributed by atoms with Gasteiger partial charge in [-0.1, -0.05) is 20.8 Å². The second-order valence-corrected chi connectivity index (χ2v) is 4.76. The number of ether oxygens (including phenoxy) is 1. The van der Waals surface area contributed by atoms with Gasteiger partial charge in [-0.15, -0.1) is 0 Å². The van der Waals surface area contributed by atoms with E-state index in [4.69, 9.17) is 25.2 Å². The van der Waals surface area contributed by atoms with E-state index in [1.54, 1.807) is 13.8 Å². The number of hydrogen-bond acceptors (Lipinski definition) is 6. The van der Waals surface area contributed by atoms with Gasteiger partial charge in [0, 0.05) is 6.61 Å². The molecule has 0 aromatic heterocycles. The molecule has 0 aromatic rings. The van der Waals surface area contributed by atoms with Crippen molar-refractivity contribution in [3.63, 3.8) is 0 Å². The van der Waals surface area contributed by atoms with Crippen molar-refractivity contribution in [2.45, 2.75) is 58.7 Å². The third-order valence-electron chi connectivity index (χ3n) is 2.81. The minimum Gasteiger partial charge on any atom is -0.479 e. The van der Waals surface area contributed by atoms with Gasteiger partial charge in [-0.3, -0.25) is 0 Å². The maximum absolute atomic E-state index is 11.0. The van der Waals surface area contributed by atoms with Gasteiger partial charge in [0.05, 0.1) is 6.61 Å². The molecule has 126 valence electrons. The maximum atomic E-state index is 11.0. The predicted octanol–water partition coefficient (Wildman–Crippen LogP) is 0.551.